The number of nitrogens with one attached hydrogen (secondary N) is 1. The van der Waals surface area contributed by atoms with Crippen molar-refractivity contribution in [3.8, 4) is 0 Å². The minimum absolute atomic E-state index is 0.0343. The maximum absolute atomic E-state index is 12.2. The Morgan fingerprint density at radius 3 is 2.77 bits per heavy atom. The van der Waals surface area contributed by atoms with E-state index in [0.717, 1.165) is 10.2 Å². The molecule has 5 nitrogen and oxygen atoms in total. The molecule has 1 aromatic heterocycles. The molecule has 1 aliphatic heterocycles. The zero-order chi connectivity index (χ0) is 15.3. The van der Waals surface area contributed by atoms with Gasteiger partial charge >= 0.3 is 0 Å². The van der Waals surface area contributed by atoms with Crippen LogP contribution in [0.25, 0.3) is 10.2 Å². The molecule has 2 aromatic rings. The second kappa shape index (κ2) is 5.03. The fourth-order valence-electron chi connectivity index (χ4n) is 2.77. The molecular formula is C15H16N2O3S2. The zero-order valence-corrected chi connectivity index (χ0v) is 13.5. The summed E-state index contributed by atoms with van der Waals surface area (Å²) >= 11 is 1.68. The van der Waals surface area contributed by atoms with Crippen LogP contribution < -0.4 is 5.32 Å². The van der Waals surface area contributed by atoms with E-state index in [2.05, 4.69) is 10.3 Å². The Bertz CT molecular complexity index is 853. The zero-order valence-electron chi connectivity index (χ0n) is 11.9. The summed E-state index contributed by atoms with van der Waals surface area (Å²) in [5, 5.41) is 4.02. The number of aromatic nitrogens is 1. The summed E-state index contributed by atoms with van der Waals surface area (Å²) in [6.07, 6.45) is 2.86. The Morgan fingerprint density at radius 2 is 2.09 bits per heavy atom. The lowest BCUT2D eigenvalue weighted by molar-refractivity contribution is -0.119. The first-order valence-electron chi connectivity index (χ1n) is 7.42. The van der Waals surface area contributed by atoms with Crippen LogP contribution in [0.2, 0.25) is 0 Å². The van der Waals surface area contributed by atoms with Crippen LogP contribution in [0, 0.1) is 5.92 Å². The van der Waals surface area contributed by atoms with Crippen LogP contribution in [0.4, 0.5) is 5.69 Å². The summed E-state index contributed by atoms with van der Waals surface area (Å²) in [4.78, 5) is 16.8. The minimum Gasteiger partial charge on any atom is -0.326 e. The molecule has 1 saturated heterocycles. The number of carbonyl (C=O) groups excluding carboxylic acids is 1. The topological polar surface area (TPSA) is 76.1 Å². The van der Waals surface area contributed by atoms with Crippen molar-refractivity contribution in [3.05, 3.63) is 23.2 Å². The maximum Gasteiger partial charge on any atom is 0.228 e. The standard InChI is InChI=1S/C15H16N2O3S2/c18-14(10-5-6-22(19,20)8-10)16-11-3-4-12-13(7-11)21-15(17-12)9-1-2-9/h3-4,7,9-10H,1-2,5-6,8H2,(H,16,18). The van der Waals surface area contributed by atoms with E-state index >= 15 is 0 Å². The molecule has 0 radical (unpaired) electrons. The average Bonchev–Trinajstić information content (AvgIpc) is 3.13. The van der Waals surface area contributed by atoms with Gasteiger partial charge in [-0.25, -0.2) is 13.4 Å². The van der Waals surface area contributed by atoms with Gasteiger partial charge in [-0.2, -0.15) is 0 Å². The molecule has 116 valence electrons. The summed E-state index contributed by atoms with van der Waals surface area (Å²) in [5.74, 6) is 0.0765. The van der Waals surface area contributed by atoms with E-state index < -0.39 is 15.8 Å². The van der Waals surface area contributed by atoms with Crippen molar-refractivity contribution < 1.29 is 13.2 Å². The highest BCUT2D eigenvalue weighted by Gasteiger charge is 2.33. The Labute approximate surface area is 132 Å². The molecule has 1 amide bonds. The number of rotatable bonds is 3. The molecule has 1 unspecified atom stereocenters. The Kier molecular flexibility index (Phi) is 3.23. The number of fused-ring (bicyclic) bond motifs is 1. The summed E-state index contributed by atoms with van der Waals surface area (Å²) in [6, 6.07) is 5.68. The second-order valence-corrected chi connectivity index (χ2v) is 9.39. The van der Waals surface area contributed by atoms with Crippen LogP contribution in [-0.4, -0.2) is 30.8 Å². The average molecular weight is 336 g/mol. The SMILES string of the molecule is O=C(Nc1ccc2nc(C3CC3)sc2c1)C1CCS(=O)(=O)C1. The predicted molar refractivity (Wildman–Crippen MR) is 87.0 cm³/mol. The molecule has 2 heterocycles. The molecular weight excluding hydrogens is 320 g/mol. The van der Waals surface area contributed by atoms with Gasteiger partial charge in [-0.1, -0.05) is 0 Å². The van der Waals surface area contributed by atoms with E-state index in [0.29, 0.717) is 18.0 Å². The molecule has 7 heteroatoms. The molecule has 1 aromatic carbocycles. The van der Waals surface area contributed by atoms with Gasteiger partial charge in [0, 0.05) is 11.6 Å². The van der Waals surface area contributed by atoms with E-state index in [1.54, 1.807) is 11.3 Å². The van der Waals surface area contributed by atoms with Crippen molar-refractivity contribution in [1.82, 2.24) is 4.98 Å². The van der Waals surface area contributed by atoms with Gasteiger partial charge in [0.25, 0.3) is 0 Å². The van der Waals surface area contributed by atoms with Crippen LogP contribution in [0.5, 0.6) is 0 Å². The van der Waals surface area contributed by atoms with Crippen LogP contribution in [0.1, 0.15) is 30.2 Å². The van der Waals surface area contributed by atoms with E-state index in [-0.39, 0.29) is 17.4 Å². The lowest BCUT2D eigenvalue weighted by Gasteiger charge is -2.09. The van der Waals surface area contributed by atoms with Gasteiger partial charge in [-0.3, -0.25) is 4.79 Å². The molecule has 1 aliphatic carbocycles. The highest BCUT2D eigenvalue weighted by molar-refractivity contribution is 7.91. The number of benzene rings is 1. The smallest absolute Gasteiger partial charge is 0.228 e. The van der Waals surface area contributed by atoms with Gasteiger partial charge in [0.15, 0.2) is 9.84 Å². The first-order valence-corrected chi connectivity index (χ1v) is 10.1. The summed E-state index contributed by atoms with van der Waals surface area (Å²) in [7, 11) is -3.04. The van der Waals surface area contributed by atoms with Gasteiger partial charge in [-0.05, 0) is 37.5 Å². The van der Waals surface area contributed by atoms with E-state index in [1.807, 2.05) is 18.2 Å². The fourth-order valence-corrected chi connectivity index (χ4v) is 5.69. The molecule has 2 fully saturated rings. The quantitative estimate of drug-likeness (QED) is 0.934. The normalized spacial score (nSPS) is 23.7. The number of sulfone groups is 1. The van der Waals surface area contributed by atoms with Crippen LogP contribution in [0.3, 0.4) is 0 Å². The molecule has 1 N–H and O–H groups in total. The van der Waals surface area contributed by atoms with Gasteiger partial charge in [0.2, 0.25) is 5.91 Å². The Morgan fingerprint density at radius 1 is 1.27 bits per heavy atom. The number of nitrogens with zero attached hydrogens (tertiary/aromatic N) is 1. The number of hydrogen-bond donors (Lipinski definition) is 1. The highest BCUT2D eigenvalue weighted by Crippen LogP contribution is 2.43. The number of amides is 1. The third-order valence-electron chi connectivity index (χ3n) is 4.20. The van der Waals surface area contributed by atoms with Crippen molar-refractivity contribution in [2.24, 2.45) is 5.92 Å². The van der Waals surface area contributed by atoms with Crippen molar-refractivity contribution in [3.63, 3.8) is 0 Å². The lowest BCUT2D eigenvalue weighted by Crippen LogP contribution is -2.23. The van der Waals surface area contributed by atoms with Crippen LogP contribution in [0.15, 0.2) is 18.2 Å². The highest BCUT2D eigenvalue weighted by atomic mass is 32.2. The minimum atomic E-state index is -3.04. The van der Waals surface area contributed by atoms with Crippen molar-refractivity contribution in [2.75, 3.05) is 16.8 Å². The summed E-state index contributed by atoms with van der Waals surface area (Å²) in [6.45, 7) is 0. The number of anilines is 1. The monoisotopic (exact) mass is 336 g/mol. The third-order valence-corrected chi connectivity index (χ3v) is 7.15. The summed E-state index contributed by atoms with van der Waals surface area (Å²) < 4.78 is 24.0. The van der Waals surface area contributed by atoms with Crippen LogP contribution in [-0.2, 0) is 14.6 Å². The number of carbonyl (C=O) groups is 1. The fraction of sp³-hybridized carbons (Fsp3) is 0.467. The molecule has 1 atom stereocenters. The lowest BCUT2D eigenvalue weighted by atomic mass is 10.1. The van der Waals surface area contributed by atoms with Crippen molar-refractivity contribution >= 4 is 43.0 Å². The Balaban J connectivity index is 1.52. The first-order chi connectivity index (χ1) is 10.5. The Hall–Kier alpha value is -1.47. The molecule has 1 saturated carbocycles. The van der Waals surface area contributed by atoms with E-state index in [9.17, 15) is 13.2 Å². The van der Waals surface area contributed by atoms with E-state index in [1.165, 1.54) is 17.8 Å². The van der Waals surface area contributed by atoms with E-state index in [4.69, 9.17) is 0 Å². The number of thiazole rings is 1. The van der Waals surface area contributed by atoms with Gasteiger partial charge < -0.3 is 5.32 Å². The van der Waals surface area contributed by atoms with Gasteiger partial charge in [-0.15, -0.1) is 11.3 Å². The molecule has 22 heavy (non-hydrogen) atoms. The van der Waals surface area contributed by atoms with Crippen molar-refractivity contribution in [2.45, 2.75) is 25.2 Å². The van der Waals surface area contributed by atoms with Crippen molar-refractivity contribution in [1.29, 1.82) is 0 Å². The third kappa shape index (κ3) is 2.75. The first kappa shape index (κ1) is 14.1. The van der Waals surface area contributed by atoms with Gasteiger partial charge in [0.05, 0.1) is 32.6 Å². The maximum atomic E-state index is 12.2. The largest absolute Gasteiger partial charge is 0.326 e. The number of hydrogen-bond acceptors (Lipinski definition) is 5. The molecule has 0 bridgehead atoms. The van der Waals surface area contributed by atoms with Gasteiger partial charge in [0.1, 0.15) is 0 Å². The summed E-state index contributed by atoms with van der Waals surface area (Å²) in [5.41, 5.74) is 1.68. The molecule has 2 aliphatic rings. The molecule has 0 spiro atoms. The predicted octanol–water partition coefficient (Wildman–Crippen LogP) is 2.55. The second-order valence-electron chi connectivity index (χ2n) is 6.10. The van der Waals surface area contributed by atoms with Crippen LogP contribution >= 0.6 is 11.3 Å². The molecule has 4 rings (SSSR count).